The first-order chi connectivity index (χ1) is 46.4. The molecule has 7 heteroatoms. The van der Waals surface area contributed by atoms with Gasteiger partial charge >= 0.3 is 0 Å². The summed E-state index contributed by atoms with van der Waals surface area (Å²) < 4.78 is 10.0. The molecule has 7 heterocycles. The number of nitrogens with zero attached hydrogens (tertiary/aromatic N) is 5. The van der Waals surface area contributed by atoms with Crippen molar-refractivity contribution in [2.45, 2.75) is 19.3 Å². The molecule has 0 radical (unpaired) electrons. The molecule has 0 saturated heterocycles. The number of hydrogen-bond acceptors (Lipinski definition) is 4. The highest BCUT2D eigenvalue weighted by molar-refractivity contribution is 7.26. The van der Waals surface area contributed by atoms with Gasteiger partial charge in [-0.15, -0.1) is 22.7 Å². The van der Waals surface area contributed by atoms with Crippen LogP contribution in [0.3, 0.4) is 0 Å². The maximum Gasteiger partial charge on any atom is 0.125 e. The summed E-state index contributed by atoms with van der Waals surface area (Å²) in [6, 6.07) is 106. The summed E-state index contributed by atoms with van der Waals surface area (Å²) in [5.41, 5.74) is 24.7. The van der Waals surface area contributed by atoms with Crippen LogP contribution in [0.2, 0.25) is 0 Å². The van der Waals surface area contributed by atoms with Gasteiger partial charge in [0.1, 0.15) is 9.66 Å². The van der Waals surface area contributed by atoms with Crippen LogP contribution in [0.5, 0.6) is 0 Å². The average Bonchev–Trinajstić information content (AvgIpc) is 1.55. The molecule has 0 spiro atoms. The summed E-state index contributed by atoms with van der Waals surface area (Å²) >= 11 is 3.55. The minimum atomic E-state index is -0.171. The van der Waals surface area contributed by atoms with E-state index >= 15 is 0 Å². The lowest BCUT2D eigenvalue weighted by Crippen LogP contribution is -2.14. The Morgan fingerprint density at radius 2 is 0.734 bits per heavy atom. The molecule has 94 heavy (non-hydrogen) atoms. The molecule has 0 fully saturated rings. The topological polar surface area (TPSA) is 40.6 Å². The lowest BCUT2D eigenvalue weighted by molar-refractivity contribution is 0.661. The summed E-state index contributed by atoms with van der Waals surface area (Å²) in [4.78, 5) is 12.6. The fraction of sp³-hybridized carbons (Fsp3) is 0.0345. The fourth-order valence-corrected chi connectivity index (χ4v) is 18.6. The van der Waals surface area contributed by atoms with Crippen LogP contribution in [0.4, 0.5) is 0 Å². The van der Waals surface area contributed by atoms with Gasteiger partial charge in [-0.2, -0.15) is 0 Å². The Bertz CT molecular complexity index is 6670. The lowest BCUT2D eigenvalue weighted by Gasteiger charge is -2.21. The second-order valence-electron chi connectivity index (χ2n) is 25.9. The van der Waals surface area contributed by atoms with Gasteiger partial charge in [0, 0.05) is 108 Å². The zero-order valence-corrected chi connectivity index (χ0v) is 52.8. The van der Waals surface area contributed by atoms with Gasteiger partial charge in [-0.05, 0) is 142 Å². The third kappa shape index (κ3) is 7.22. The van der Waals surface area contributed by atoms with E-state index in [0.717, 1.165) is 65.2 Å². The quantitative estimate of drug-likeness (QED) is 0.166. The van der Waals surface area contributed by atoms with Crippen molar-refractivity contribution in [1.29, 1.82) is 0 Å². The molecule has 0 amide bonds. The van der Waals surface area contributed by atoms with Crippen LogP contribution in [0.1, 0.15) is 25.0 Å². The van der Waals surface area contributed by atoms with Gasteiger partial charge < -0.3 is 13.7 Å². The van der Waals surface area contributed by atoms with Crippen LogP contribution < -0.4 is 0 Å². The fourth-order valence-electron chi connectivity index (χ4n) is 16.4. The molecule has 0 N–H and O–H groups in total. The Labute approximate surface area is 547 Å². The van der Waals surface area contributed by atoms with Crippen molar-refractivity contribution in [3.05, 3.63) is 296 Å². The predicted molar refractivity (Wildman–Crippen MR) is 400 cm³/mol. The van der Waals surface area contributed by atoms with E-state index in [-0.39, 0.29) is 5.41 Å². The minimum absolute atomic E-state index is 0.171. The molecule has 13 aromatic carbocycles. The first-order valence-electron chi connectivity index (χ1n) is 32.3. The van der Waals surface area contributed by atoms with Crippen LogP contribution in [-0.4, -0.2) is 23.7 Å². The first kappa shape index (κ1) is 52.2. The van der Waals surface area contributed by atoms with Crippen molar-refractivity contribution in [2.24, 2.45) is 0 Å². The van der Waals surface area contributed by atoms with E-state index in [1.165, 1.54) is 135 Å². The number of para-hydroxylation sites is 4. The monoisotopic (exact) mass is 1230 g/mol. The summed E-state index contributed by atoms with van der Waals surface area (Å²) in [5.74, 6) is 0. The molecule has 0 saturated carbocycles. The highest BCUT2D eigenvalue weighted by Gasteiger charge is 2.36. The standard InChI is InChI=1S/C87H53N5S2/c1-87(2)69-26-12-6-20-57(69)66-48-68-59-42-36-53(47-75(59)90(76(68)49-70(66)87)55-38-32-50(33-39-55)79-62-22-7-13-27-71(62)88-85-81(79)64-24-10-16-30-77(64)93-85)52-37-45-74-67(46-52)61-44-43-60-58-21-9-15-29-73(58)92(83(60)84(61)91(74)54-18-4-3-5-19-54)56-40-34-51(35-41-56)80-63-23-8-14-28-72(63)89-86-82(80)65-25-11-17-31-78(65)94-86/h3-49H,1-2H3. The predicted octanol–water partition coefficient (Wildman–Crippen LogP) is 24.1. The van der Waals surface area contributed by atoms with Crippen LogP contribution in [0.15, 0.2) is 285 Å². The molecule has 1 aliphatic carbocycles. The normalized spacial score (nSPS) is 13.1. The van der Waals surface area contributed by atoms with E-state index in [1.807, 2.05) is 0 Å². The van der Waals surface area contributed by atoms with E-state index in [1.54, 1.807) is 22.7 Å². The van der Waals surface area contributed by atoms with Crippen molar-refractivity contribution < 1.29 is 0 Å². The average molecular weight is 1230 g/mol. The Balaban J connectivity index is 0.765. The van der Waals surface area contributed by atoms with Crippen molar-refractivity contribution in [3.63, 3.8) is 0 Å². The Hall–Kier alpha value is -11.5. The summed E-state index contributed by atoms with van der Waals surface area (Å²) in [7, 11) is 0. The van der Waals surface area contributed by atoms with Gasteiger partial charge in [0.25, 0.3) is 0 Å². The molecule has 0 atom stereocenters. The van der Waals surface area contributed by atoms with E-state index in [9.17, 15) is 0 Å². The second kappa shape index (κ2) is 19.3. The molecule has 438 valence electrons. The number of pyridine rings is 2. The number of rotatable bonds is 6. The number of thiophene rings is 2. The van der Waals surface area contributed by atoms with Gasteiger partial charge in [-0.25, -0.2) is 9.97 Å². The Morgan fingerprint density at radius 1 is 0.287 bits per heavy atom. The summed E-state index contributed by atoms with van der Waals surface area (Å²) in [6.45, 7) is 4.77. The molecule has 0 bridgehead atoms. The maximum absolute atomic E-state index is 5.24. The second-order valence-corrected chi connectivity index (χ2v) is 28.0. The van der Waals surface area contributed by atoms with Gasteiger partial charge in [0.2, 0.25) is 0 Å². The van der Waals surface area contributed by atoms with E-state index in [4.69, 9.17) is 9.97 Å². The van der Waals surface area contributed by atoms with Crippen LogP contribution >= 0.6 is 22.7 Å². The molecule has 0 aliphatic heterocycles. The van der Waals surface area contributed by atoms with Crippen LogP contribution in [0, 0.1) is 0 Å². The van der Waals surface area contributed by atoms with Crippen molar-refractivity contribution in [1.82, 2.24) is 23.7 Å². The van der Waals surface area contributed by atoms with Crippen LogP contribution in [-0.2, 0) is 5.41 Å². The number of aromatic nitrogens is 5. The minimum Gasteiger partial charge on any atom is -0.309 e. The molecule has 20 aromatic rings. The van der Waals surface area contributed by atoms with E-state index in [0.29, 0.717) is 0 Å². The Kier molecular flexibility index (Phi) is 10.7. The smallest absolute Gasteiger partial charge is 0.125 e. The van der Waals surface area contributed by atoms with Crippen molar-refractivity contribution in [3.8, 4) is 61.6 Å². The number of benzene rings is 13. The zero-order chi connectivity index (χ0) is 61.7. The number of fused-ring (bicyclic) bond motifs is 21. The third-order valence-electron chi connectivity index (χ3n) is 20.7. The lowest BCUT2D eigenvalue weighted by atomic mass is 9.82. The van der Waals surface area contributed by atoms with Crippen molar-refractivity contribution >= 4 is 151 Å². The summed E-state index contributed by atoms with van der Waals surface area (Å²) in [6.07, 6.45) is 0. The van der Waals surface area contributed by atoms with E-state index in [2.05, 4.69) is 313 Å². The molecule has 21 rings (SSSR count). The van der Waals surface area contributed by atoms with Crippen molar-refractivity contribution in [2.75, 3.05) is 0 Å². The molecule has 7 aromatic heterocycles. The molecular formula is C87H53N5S2. The molecular weight excluding hydrogens is 1180 g/mol. The number of hydrogen-bond donors (Lipinski definition) is 0. The largest absolute Gasteiger partial charge is 0.309 e. The molecule has 1 aliphatic rings. The molecule has 5 nitrogen and oxygen atoms in total. The highest BCUT2D eigenvalue weighted by Crippen LogP contribution is 2.53. The van der Waals surface area contributed by atoms with Crippen LogP contribution in [0.25, 0.3) is 189 Å². The van der Waals surface area contributed by atoms with Gasteiger partial charge in [-0.3, -0.25) is 0 Å². The highest BCUT2D eigenvalue weighted by atomic mass is 32.1. The maximum atomic E-state index is 5.24. The third-order valence-corrected chi connectivity index (χ3v) is 22.8. The first-order valence-corrected chi connectivity index (χ1v) is 33.9. The SMILES string of the molecule is CC1(C)c2ccccc2-c2cc3c4ccc(-c5ccc6c(c5)c5ccc7c8ccccc8n(-c8ccc(-c9c%10ccccc%10nc%10sc%11ccccc%11c9%10)cc8)c7c5n6-c5ccccc5)cc4n(-c4ccc(-c5c6ccccc6nc6sc7ccccc7c56)cc4)c3cc21. The Morgan fingerprint density at radius 3 is 1.38 bits per heavy atom. The molecule has 0 unspecified atom stereocenters. The van der Waals surface area contributed by atoms with Gasteiger partial charge in [0.15, 0.2) is 0 Å². The van der Waals surface area contributed by atoms with Gasteiger partial charge in [-0.1, -0.05) is 202 Å². The zero-order valence-electron chi connectivity index (χ0n) is 51.2. The van der Waals surface area contributed by atoms with E-state index < -0.39 is 0 Å². The summed E-state index contributed by atoms with van der Waals surface area (Å²) in [5, 5.41) is 14.6. The van der Waals surface area contributed by atoms with Gasteiger partial charge in [0.05, 0.1) is 44.1 Å².